The lowest BCUT2D eigenvalue weighted by molar-refractivity contribution is -0.125. The Morgan fingerprint density at radius 1 is 1.33 bits per heavy atom. The van der Waals surface area contributed by atoms with Gasteiger partial charge in [0.2, 0.25) is 0 Å². The second-order valence-corrected chi connectivity index (χ2v) is 5.64. The van der Waals surface area contributed by atoms with Gasteiger partial charge in [-0.3, -0.25) is 0 Å². The molecule has 0 radical (unpaired) electrons. The van der Waals surface area contributed by atoms with Gasteiger partial charge in [0, 0.05) is 16.7 Å². The highest BCUT2D eigenvalue weighted by Crippen LogP contribution is 2.21. The van der Waals surface area contributed by atoms with E-state index in [-0.39, 0.29) is 29.8 Å². The molecule has 0 aliphatic heterocycles. The van der Waals surface area contributed by atoms with Crippen molar-refractivity contribution in [2.45, 2.75) is 19.2 Å². The highest BCUT2D eigenvalue weighted by molar-refractivity contribution is 6.32. The third-order valence-corrected chi connectivity index (χ3v) is 3.44. The van der Waals surface area contributed by atoms with Crippen molar-refractivity contribution in [3.05, 3.63) is 59.6 Å². The largest absolute Gasteiger partial charge is 0.486 e. The second kappa shape index (κ2) is 9.33. The average Bonchev–Trinajstić information content (AvgIpc) is 3.12. The van der Waals surface area contributed by atoms with Crippen LogP contribution in [-0.4, -0.2) is 33.0 Å². The summed E-state index contributed by atoms with van der Waals surface area (Å²) in [6, 6.07) is 1.51. The monoisotopic (exact) mass is 401 g/mol. The number of aliphatic hydroxyl groups is 1. The maximum absolute atomic E-state index is 12.0. The van der Waals surface area contributed by atoms with E-state index in [0.717, 1.165) is 6.08 Å². The van der Waals surface area contributed by atoms with E-state index in [1.54, 1.807) is 0 Å². The minimum Gasteiger partial charge on any atom is -0.486 e. The molecule has 0 saturated heterocycles. The molecule has 0 spiro atoms. The van der Waals surface area contributed by atoms with Gasteiger partial charge < -0.3 is 14.4 Å². The van der Waals surface area contributed by atoms with Crippen molar-refractivity contribution in [2.75, 3.05) is 6.61 Å². The SMILES string of the molecule is C=C(COc1cnc(-c2cc(CO)on2)nc1)/C(Cl)=C\C=C/CC(F)(F)F. The highest BCUT2D eigenvalue weighted by Gasteiger charge is 2.24. The van der Waals surface area contributed by atoms with Gasteiger partial charge in [-0.2, -0.15) is 13.2 Å². The first-order chi connectivity index (χ1) is 12.8. The summed E-state index contributed by atoms with van der Waals surface area (Å²) in [4.78, 5) is 8.14. The lowest BCUT2D eigenvalue weighted by Crippen LogP contribution is -2.04. The second-order valence-electron chi connectivity index (χ2n) is 5.23. The van der Waals surface area contributed by atoms with Crippen molar-refractivity contribution in [3.8, 4) is 17.3 Å². The van der Waals surface area contributed by atoms with Gasteiger partial charge in [-0.05, 0) is 6.08 Å². The smallest absolute Gasteiger partial charge is 0.392 e. The molecule has 2 aromatic rings. The number of halogens is 4. The summed E-state index contributed by atoms with van der Waals surface area (Å²) in [6.45, 7) is 3.43. The van der Waals surface area contributed by atoms with Gasteiger partial charge >= 0.3 is 6.18 Å². The average molecular weight is 402 g/mol. The number of hydrogen-bond acceptors (Lipinski definition) is 6. The lowest BCUT2D eigenvalue weighted by Gasteiger charge is -2.07. The molecule has 0 bridgehead atoms. The van der Waals surface area contributed by atoms with Gasteiger partial charge in [-0.15, -0.1) is 0 Å². The molecule has 0 fully saturated rings. The number of ether oxygens (including phenoxy) is 1. The molecule has 0 atom stereocenters. The highest BCUT2D eigenvalue weighted by atomic mass is 35.5. The molecule has 10 heteroatoms. The van der Waals surface area contributed by atoms with Crippen LogP contribution in [0.2, 0.25) is 0 Å². The predicted octanol–water partition coefficient (Wildman–Crippen LogP) is 4.19. The zero-order valence-electron chi connectivity index (χ0n) is 13.9. The third kappa shape index (κ3) is 6.87. The summed E-state index contributed by atoms with van der Waals surface area (Å²) in [6.07, 6.45) is 0.989. The van der Waals surface area contributed by atoms with Crippen LogP contribution in [-0.2, 0) is 6.61 Å². The van der Waals surface area contributed by atoms with Crippen molar-refractivity contribution in [2.24, 2.45) is 0 Å². The zero-order valence-corrected chi connectivity index (χ0v) is 14.7. The Bertz CT molecular complexity index is 830. The van der Waals surface area contributed by atoms with E-state index in [1.807, 2.05) is 0 Å². The Morgan fingerprint density at radius 3 is 2.63 bits per heavy atom. The summed E-state index contributed by atoms with van der Waals surface area (Å²) in [5.74, 6) is 0.913. The van der Waals surface area contributed by atoms with Crippen LogP contribution in [0, 0.1) is 0 Å². The quantitative estimate of drug-likeness (QED) is 0.668. The Kier molecular flexibility index (Phi) is 7.14. The Hall–Kier alpha value is -2.65. The Labute approximate surface area is 157 Å². The van der Waals surface area contributed by atoms with Crippen LogP contribution in [0.15, 0.2) is 58.4 Å². The molecular weight excluding hydrogens is 387 g/mol. The number of allylic oxidation sites excluding steroid dienone is 3. The van der Waals surface area contributed by atoms with E-state index in [2.05, 4.69) is 21.7 Å². The van der Waals surface area contributed by atoms with Gasteiger partial charge in [-0.1, -0.05) is 35.5 Å². The molecule has 0 saturated carbocycles. The first-order valence-electron chi connectivity index (χ1n) is 7.57. The number of nitrogens with zero attached hydrogens (tertiary/aromatic N) is 3. The molecule has 2 aromatic heterocycles. The molecular formula is C17H15ClF3N3O3. The molecule has 2 heterocycles. The summed E-state index contributed by atoms with van der Waals surface area (Å²) < 4.78 is 46.4. The van der Waals surface area contributed by atoms with Crippen LogP contribution in [0.4, 0.5) is 13.2 Å². The maximum atomic E-state index is 12.0. The van der Waals surface area contributed by atoms with Crippen molar-refractivity contribution in [1.29, 1.82) is 0 Å². The van der Waals surface area contributed by atoms with Crippen molar-refractivity contribution < 1.29 is 27.5 Å². The summed E-state index contributed by atoms with van der Waals surface area (Å²) in [5.41, 5.74) is 0.744. The first kappa shape index (κ1) is 20.7. The number of hydrogen-bond donors (Lipinski definition) is 1. The van der Waals surface area contributed by atoms with E-state index in [9.17, 15) is 13.2 Å². The fraction of sp³-hybridized carbons (Fsp3) is 0.235. The molecule has 144 valence electrons. The molecule has 0 aromatic carbocycles. The zero-order chi connectivity index (χ0) is 19.9. The minimum atomic E-state index is -4.26. The van der Waals surface area contributed by atoms with Crippen molar-refractivity contribution in [3.63, 3.8) is 0 Å². The number of aliphatic hydroxyl groups excluding tert-OH is 1. The maximum Gasteiger partial charge on any atom is 0.392 e. The topological polar surface area (TPSA) is 81.3 Å². The van der Waals surface area contributed by atoms with Crippen LogP contribution in [0.3, 0.4) is 0 Å². The van der Waals surface area contributed by atoms with Gasteiger partial charge in [0.25, 0.3) is 0 Å². The van der Waals surface area contributed by atoms with E-state index in [0.29, 0.717) is 17.0 Å². The van der Waals surface area contributed by atoms with Gasteiger partial charge in [0.15, 0.2) is 23.0 Å². The fourth-order valence-corrected chi connectivity index (χ4v) is 1.85. The molecule has 0 unspecified atom stereocenters. The third-order valence-electron chi connectivity index (χ3n) is 3.05. The van der Waals surface area contributed by atoms with Gasteiger partial charge in [-0.25, -0.2) is 9.97 Å². The summed E-state index contributed by atoms with van der Waals surface area (Å²) >= 11 is 5.95. The van der Waals surface area contributed by atoms with Crippen molar-refractivity contribution >= 4 is 11.6 Å². The predicted molar refractivity (Wildman–Crippen MR) is 91.8 cm³/mol. The number of aromatic nitrogens is 3. The van der Waals surface area contributed by atoms with Crippen LogP contribution < -0.4 is 4.74 Å². The molecule has 27 heavy (non-hydrogen) atoms. The van der Waals surface area contributed by atoms with Gasteiger partial charge in [0.05, 0.1) is 18.8 Å². The molecule has 1 N–H and O–H groups in total. The van der Waals surface area contributed by atoms with Crippen LogP contribution >= 0.6 is 11.6 Å². The van der Waals surface area contributed by atoms with Crippen LogP contribution in [0.5, 0.6) is 5.75 Å². The Balaban J connectivity index is 1.87. The number of rotatable bonds is 8. The standard InChI is InChI=1S/C17H15ClF3N3O3/c1-11(14(18)4-2-3-5-17(19,20)21)10-26-13-7-22-16(23-8-13)15-6-12(9-25)27-24-15/h2-4,6-8,25H,1,5,9-10H2/b3-2-,14-4+. The van der Waals surface area contributed by atoms with Crippen LogP contribution in [0.25, 0.3) is 11.5 Å². The molecule has 0 amide bonds. The van der Waals surface area contributed by atoms with E-state index in [1.165, 1.54) is 30.6 Å². The Morgan fingerprint density at radius 2 is 2.04 bits per heavy atom. The normalized spacial score (nSPS) is 12.6. The lowest BCUT2D eigenvalue weighted by atomic mass is 10.2. The molecule has 0 aliphatic carbocycles. The fourth-order valence-electron chi connectivity index (χ4n) is 1.73. The van der Waals surface area contributed by atoms with E-state index < -0.39 is 12.6 Å². The molecule has 6 nitrogen and oxygen atoms in total. The van der Waals surface area contributed by atoms with Crippen molar-refractivity contribution in [1.82, 2.24) is 15.1 Å². The minimum absolute atomic E-state index is 0.00374. The van der Waals surface area contributed by atoms with E-state index in [4.69, 9.17) is 26.0 Å². The van der Waals surface area contributed by atoms with E-state index >= 15 is 0 Å². The number of alkyl halides is 3. The summed E-state index contributed by atoms with van der Waals surface area (Å²) in [5, 5.41) is 12.8. The summed E-state index contributed by atoms with van der Waals surface area (Å²) in [7, 11) is 0. The molecule has 2 rings (SSSR count). The first-order valence-corrected chi connectivity index (χ1v) is 7.95. The molecule has 0 aliphatic rings. The van der Waals surface area contributed by atoms with Crippen LogP contribution in [0.1, 0.15) is 12.2 Å². The van der Waals surface area contributed by atoms with Gasteiger partial charge in [0.1, 0.15) is 13.2 Å².